The molecule has 0 aliphatic rings. The third-order valence-corrected chi connectivity index (χ3v) is 8.07. The fourth-order valence-corrected chi connectivity index (χ4v) is 5.66. The molecule has 0 aliphatic heterocycles. The van der Waals surface area contributed by atoms with Gasteiger partial charge in [-0.2, -0.15) is 19.2 Å². The molecule has 14 heteroatoms. The summed E-state index contributed by atoms with van der Waals surface area (Å²) < 4.78 is 2.94. The quantitative estimate of drug-likeness (QED) is 0.231. The van der Waals surface area contributed by atoms with Crippen LogP contribution in [0.2, 0.25) is 0 Å². The Balaban J connectivity index is 1.23. The minimum Gasteiger partial charge on any atom is -0.387 e. The second-order valence-corrected chi connectivity index (χ2v) is 10.9. The number of nitrogens with zero attached hydrogens (tertiary/aromatic N) is 8. The first kappa shape index (κ1) is 24.7. The molecule has 38 heavy (non-hydrogen) atoms. The summed E-state index contributed by atoms with van der Waals surface area (Å²) in [5.41, 5.74) is 3.77. The van der Waals surface area contributed by atoms with Crippen LogP contribution in [-0.2, 0) is 0 Å². The number of aryl methyl sites for hydroxylation is 2. The van der Waals surface area contributed by atoms with Crippen LogP contribution in [0.5, 0.6) is 0 Å². The Morgan fingerprint density at radius 2 is 0.947 bits per heavy atom. The summed E-state index contributed by atoms with van der Waals surface area (Å²) in [6, 6.07) is 15.3. The van der Waals surface area contributed by atoms with Crippen LogP contribution in [-0.4, -0.2) is 72.3 Å². The van der Waals surface area contributed by atoms with E-state index >= 15 is 0 Å². The van der Waals surface area contributed by atoms with Crippen LogP contribution < -0.4 is 0 Å². The molecule has 4 N–H and O–H groups in total. The SMILES string of the molecule is Cc1ccc(-c2nnc3sc([C@@H](O)[C@H](O)[C@H](O)[C@@H](O)c4nn5c(-c6ccc(C)cc6)nnc5s4)nn23)cc1. The molecule has 0 bridgehead atoms. The Hall–Kier alpha value is -3.66. The number of hydrogen-bond donors (Lipinski definition) is 4. The van der Waals surface area contributed by atoms with Crippen LogP contribution >= 0.6 is 22.7 Å². The summed E-state index contributed by atoms with van der Waals surface area (Å²) >= 11 is 2.05. The van der Waals surface area contributed by atoms with Gasteiger partial charge in [-0.15, -0.1) is 20.4 Å². The number of aliphatic hydroxyl groups is 4. The summed E-state index contributed by atoms with van der Waals surface area (Å²) in [4.78, 5) is 0.822. The maximum Gasteiger partial charge on any atom is 0.235 e. The summed E-state index contributed by atoms with van der Waals surface area (Å²) in [6.45, 7) is 3.95. The van der Waals surface area contributed by atoms with Gasteiger partial charge in [-0.25, -0.2) is 0 Å². The van der Waals surface area contributed by atoms with E-state index in [-0.39, 0.29) is 10.0 Å². The van der Waals surface area contributed by atoms with Gasteiger partial charge in [0.15, 0.2) is 11.6 Å². The van der Waals surface area contributed by atoms with E-state index in [1.54, 1.807) is 0 Å². The summed E-state index contributed by atoms with van der Waals surface area (Å²) in [6.07, 6.45) is -6.71. The van der Waals surface area contributed by atoms with Gasteiger partial charge in [0.05, 0.1) is 0 Å². The second kappa shape index (κ2) is 9.58. The number of rotatable bonds is 7. The molecule has 0 saturated carbocycles. The van der Waals surface area contributed by atoms with Crippen molar-refractivity contribution >= 4 is 32.6 Å². The van der Waals surface area contributed by atoms with Crippen LogP contribution in [0, 0.1) is 13.8 Å². The average molecular weight is 551 g/mol. The normalized spacial score (nSPS) is 15.2. The van der Waals surface area contributed by atoms with Crippen molar-refractivity contribution in [1.29, 1.82) is 0 Å². The highest BCUT2D eigenvalue weighted by Gasteiger charge is 2.36. The smallest absolute Gasteiger partial charge is 0.235 e. The van der Waals surface area contributed by atoms with Gasteiger partial charge in [0.2, 0.25) is 9.92 Å². The molecule has 0 saturated heterocycles. The van der Waals surface area contributed by atoms with Crippen molar-refractivity contribution in [2.24, 2.45) is 0 Å². The second-order valence-electron chi connectivity index (χ2n) is 8.92. The molecule has 6 rings (SSSR count). The molecule has 0 spiro atoms. The van der Waals surface area contributed by atoms with Crippen LogP contribution in [0.4, 0.5) is 0 Å². The average Bonchev–Trinajstić information content (AvgIpc) is 3.69. The van der Waals surface area contributed by atoms with Crippen LogP contribution in [0.3, 0.4) is 0 Å². The molecule has 6 aromatic rings. The van der Waals surface area contributed by atoms with E-state index in [1.807, 2.05) is 62.4 Å². The maximum atomic E-state index is 10.8. The molecular formula is C24H22N8O4S2. The standard InChI is InChI=1S/C24H22N8O4S2/c1-11-3-7-13(8-4-11)19-25-27-23-31(19)29-21(37-23)17(35)15(33)16(34)18(36)22-30-32-20(26-28-24(32)38-22)14-9-5-12(2)6-10-14/h3-10,15-18,33-36H,1-2H3/t15-,16+,17+,18-. The van der Waals surface area contributed by atoms with Gasteiger partial charge < -0.3 is 20.4 Å². The van der Waals surface area contributed by atoms with E-state index in [9.17, 15) is 20.4 Å². The lowest BCUT2D eigenvalue weighted by atomic mass is 10.0. The van der Waals surface area contributed by atoms with E-state index in [0.29, 0.717) is 21.6 Å². The molecule has 194 valence electrons. The van der Waals surface area contributed by atoms with Gasteiger partial charge in [0.1, 0.15) is 34.4 Å². The minimum absolute atomic E-state index is 0.113. The first-order chi connectivity index (χ1) is 18.3. The highest BCUT2D eigenvalue weighted by Crippen LogP contribution is 2.32. The van der Waals surface area contributed by atoms with Crippen molar-refractivity contribution in [2.75, 3.05) is 0 Å². The molecule has 4 atom stereocenters. The highest BCUT2D eigenvalue weighted by atomic mass is 32.1. The topological polar surface area (TPSA) is 167 Å². The van der Waals surface area contributed by atoms with E-state index < -0.39 is 24.4 Å². The van der Waals surface area contributed by atoms with E-state index in [1.165, 1.54) is 9.03 Å². The van der Waals surface area contributed by atoms with Crippen LogP contribution in [0.15, 0.2) is 48.5 Å². The largest absolute Gasteiger partial charge is 0.387 e. The summed E-state index contributed by atoms with van der Waals surface area (Å²) in [5.74, 6) is 0.961. The van der Waals surface area contributed by atoms with Crippen molar-refractivity contribution in [2.45, 2.75) is 38.3 Å². The third-order valence-electron chi connectivity index (χ3n) is 6.14. The van der Waals surface area contributed by atoms with Crippen molar-refractivity contribution < 1.29 is 20.4 Å². The zero-order valence-electron chi connectivity index (χ0n) is 20.1. The zero-order chi connectivity index (χ0) is 26.6. The fraction of sp³-hybridized carbons (Fsp3) is 0.250. The predicted octanol–water partition coefficient (Wildman–Crippen LogP) is 2.12. The van der Waals surface area contributed by atoms with Gasteiger partial charge >= 0.3 is 0 Å². The molecule has 0 radical (unpaired) electrons. The molecule has 0 amide bonds. The van der Waals surface area contributed by atoms with Gasteiger partial charge in [-0.3, -0.25) is 0 Å². The zero-order valence-corrected chi connectivity index (χ0v) is 21.7. The van der Waals surface area contributed by atoms with Gasteiger partial charge in [0.25, 0.3) is 0 Å². The Labute approximate surface area is 223 Å². The minimum atomic E-state index is -1.76. The monoisotopic (exact) mass is 550 g/mol. The van der Waals surface area contributed by atoms with Crippen LogP contribution in [0.1, 0.15) is 33.4 Å². The lowest BCUT2D eigenvalue weighted by Gasteiger charge is -2.24. The predicted molar refractivity (Wildman–Crippen MR) is 140 cm³/mol. The molecule has 4 heterocycles. The van der Waals surface area contributed by atoms with Crippen LogP contribution in [0.25, 0.3) is 32.7 Å². The lowest BCUT2D eigenvalue weighted by Crippen LogP contribution is -2.37. The van der Waals surface area contributed by atoms with Crippen molar-refractivity contribution in [1.82, 2.24) is 39.6 Å². The number of fused-ring (bicyclic) bond motifs is 2. The Bertz CT molecular complexity index is 1600. The van der Waals surface area contributed by atoms with Gasteiger partial charge in [-0.05, 0) is 13.8 Å². The molecule has 0 aliphatic carbocycles. The molecule has 2 aromatic carbocycles. The number of hydrogen-bond acceptors (Lipinski definition) is 12. The number of aromatic nitrogens is 8. The molecule has 0 fully saturated rings. The first-order valence-electron chi connectivity index (χ1n) is 11.6. The fourth-order valence-electron chi connectivity index (χ4n) is 3.93. The highest BCUT2D eigenvalue weighted by molar-refractivity contribution is 7.17. The van der Waals surface area contributed by atoms with E-state index in [2.05, 4.69) is 30.6 Å². The number of benzene rings is 2. The lowest BCUT2D eigenvalue weighted by molar-refractivity contribution is -0.108. The molecular weight excluding hydrogens is 528 g/mol. The molecule has 12 nitrogen and oxygen atoms in total. The Morgan fingerprint density at radius 3 is 1.32 bits per heavy atom. The van der Waals surface area contributed by atoms with Crippen molar-refractivity contribution in [3.63, 3.8) is 0 Å². The van der Waals surface area contributed by atoms with Gasteiger partial charge in [-0.1, -0.05) is 82.3 Å². The Kier molecular flexibility index (Phi) is 6.22. The van der Waals surface area contributed by atoms with Crippen molar-refractivity contribution in [3.05, 3.63) is 69.7 Å². The molecule has 4 aromatic heterocycles. The van der Waals surface area contributed by atoms with E-state index in [4.69, 9.17) is 0 Å². The summed E-state index contributed by atoms with van der Waals surface area (Å²) in [5, 5.41) is 68.6. The third kappa shape index (κ3) is 4.26. The molecule has 0 unspecified atom stereocenters. The maximum absolute atomic E-state index is 10.8. The summed E-state index contributed by atoms with van der Waals surface area (Å²) in [7, 11) is 0. The van der Waals surface area contributed by atoms with Gasteiger partial charge in [0, 0.05) is 11.1 Å². The van der Waals surface area contributed by atoms with E-state index in [0.717, 1.165) is 44.9 Å². The number of aliphatic hydroxyl groups excluding tert-OH is 4. The Morgan fingerprint density at radius 1 is 0.579 bits per heavy atom. The first-order valence-corrected chi connectivity index (χ1v) is 13.2. The van der Waals surface area contributed by atoms with Crippen molar-refractivity contribution in [3.8, 4) is 22.8 Å².